The third-order valence-electron chi connectivity index (χ3n) is 3.92. The molecule has 1 N–H and O–H groups in total. The van der Waals surface area contributed by atoms with Gasteiger partial charge in [0.15, 0.2) is 6.61 Å². The van der Waals surface area contributed by atoms with Crippen LogP contribution >= 0.6 is 0 Å². The van der Waals surface area contributed by atoms with Crippen molar-refractivity contribution in [2.24, 2.45) is 0 Å². The number of para-hydroxylation sites is 1. The van der Waals surface area contributed by atoms with E-state index >= 15 is 0 Å². The molecule has 2 heterocycles. The van der Waals surface area contributed by atoms with Gasteiger partial charge in [-0.1, -0.05) is 12.1 Å². The Bertz CT molecular complexity index is 1100. The van der Waals surface area contributed by atoms with Crippen LogP contribution in [0.2, 0.25) is 0 Å². The Morgan fingerprint density at radius 1 is 1.06 bits per heavy atom. The molecule has 0 saturated heterocycles. The molecule has 0 aliphatic heterocycles. The summed E-state index contributed by atoms with van der Waals surface area (Å²) >= 11 is 0. The van der Waals surface area contributed by atoms with E-state index in [0.29, 0.717) is 5.69 Å². The minimum atomic E-state index is -3.10. The van der Waals surface area contributed by atoms with Crippen LogP contribution in [0.15, 0.2) is 36.4 Å². The minimum Gasteiger partial charge on any atom is -0.452 e. The van der Waals surface area contributed by atoms with Gasteiger partial charge in [0, 0.05) is 17.5 Å². The predicted octanol–water partition coefficient (Wildman–Crippen LogP) is 2.98. The van der Waals surface area contributed by atoms with E-state index in [2.05, 4.69) is 25.1 Å². The molecule has 0 aliphatic carbocycles. The molecule has 2 aromatic heterocycles. The van der Waals surface area contributed by atoms with Gasteiger partial charge in [-0.25, -0.2) is 14.8 Å². The van der Waals surface area contributed by atoms with Gasteiger partial charge in [0.2, 0.25) is 0 Å². The Morgan fingerprint density at radius 3 is 2.42 bits per heavy atom. The molecule has 31 heavy (non-hydrogen) atoms. The molecule has 0 atom stereocenters. The van der Waals surface area contributed by atoms with E-state index in [0.717, 1.165) is 11.4 Å². The van der Waals surface area contributed by atoms with E-state index in [9.17, 15) is 18.4 Å². The number of benzene rings is 1. The number of carbonyl (C=O) groups excluding carboxylic acids is 2. The maximum absolute atomic E-state index is 12.5. The van der Waals surface area contributed by atoms with Gasteiger partial charge >= 0.3 is 12.6 Å². The molecule has 0 spiro atoms. The molecule has 162 valence electrons. The molecule has 1 aromatic carbocycles. The summed E-state index contributed by atoms with van der Waals surface area (Å²) in [5.74, 6) is -1.43. The number of halogens is 2. The van der Waals surface area contributed by atoms with Crippen molar-refractivity contribution in [1.29, 1.82) is 0 Å². The Morgan fingerprint density at radius 2 is 1.74 bits per heavy atom. The molecule has 0 radical (unpaired) electrons. The summed E-state index contributed by atoms with van der Waals surface area (Å²) in [7, 11) is 0. The second-order valence-electron chi connectivity index (χ2n) is 6.53. The normalized spacial score (nSPS) is 10.8. The average Bonchev–Trinajstić information content (AvgIpc) is 3.05. The zero-order chi connectivity index (χ0) is 22.5. The highest BCUT2D eigenvalue weighted by atomic mass is 19.3. The molecular weight excluding hydrogens is 412 g/mol. The number of ether oxygens (including phenoxy) is 2. The van der Waals surface area contributed by atoms with E-state index < -0.39 is 25.1 Å². The zero-order valence-electron chi connectivity index (χ0n) is 16.9. The van der Waals surface area contributed by atoms with Crippen molar-refractivity contribution in [3.63, 3.8) is 0 Å². The van der Waals surface area contributed by atoms with E-state index in [-0.39, 0.29) is 23.1 Å². The van der Waals surface area contributed by atoms with Crippen LogP contribution in [-0.2, 0) is 9.53 Å². The van der Waals surface area contributed by atoms with Gasteiger partial charge in [-0.05, 0) is 39.0 Å². The van der Waals surface area contributed by atoms with Crippen molar-refractivity contribution in [2.75, 3.05) is 11.9 Å². The number of nitrogens with one attached hydrogen (secondary N) is 1. The zero-order valence-corrected chi connectivity index (χ0v) is 16.9. The summed E-state index contributed by atoms with van der Waals surface area (Å²) in [4.78, 5) is 33.1. The molecule has 3 aromatic rings. The second-order valence-corrected chi connectivity index (χ2v) is 6.53. The van der Waals surface area contributed by atoms with Crippen molar-refractivity contribution in [2.45, 2.75) is 27.4 Å². The Hall–Kier alpha value is -3.89. The first-order chi connectivity index (χ1) is 14.7. The van der Waals surface area contributed by atoms with Crippen LogP contribution < -0.4 is 10.1 Å². The molecule has 0 bridgehead atoms. The summed E-state index contributed by atoms with van der Waals surface area (Å²) in [6.07, 6.45) is 0. The van der Waals surface area contributed by atoms with Crippen LogP contribution in [-0.4, -0.2) is 44.8 Å². The van der Waals surface area contributed by atoms with Crippen LogP contribution in [0, 0.1) is 20.8 Å². The summed E-state index contributed by atoms with van der Waals surface area (Å²) in [6, 6.07) is 8.75. The number of esters is 1. The Kier molecular flexibility index (Phi) is 6.53. The average molecular weight is 431 g/mol. The summed E-state index contributed by atoms with van der Waals surface area (Å²) < 4.78 is 35.6. The number of aromatic nitrogens is 4. The fourth-order valence-electron chi connectivity index (χ4n) is 2.76. The smallest absolute Gasteiger partial charge is 0.387 e. The van der Waals surface area contributed by atoms with Gasteiger partial charge in [0.1, 0.15) is 17.1 Å². The lowest BCUT2D eigenvalue weighted by atomic mass is 10.2. The topological polar surface area (TPSA) is 108 Å². The molecule has 1 amide bonds. The maximum atomic E-state index is 12.5. The number of aryl methyl sites for hydroxylation is 3. The van der Waals surface area contributed by atoms with E-state index in [4.69, 9.17) is 4.74 Å². The Balaban J connectivity index is 1.69. The second kappa shape index (κ2) is 9.28. The molecule has 11 heteroatoms. The van der Waals surface area contributed by atoms with Crippen LogP contribution in [0.4, 0.5) is 14.6 Å². The molecule has 0 aliphatic rings. The van der Waals surface area contributed by atoms with Gasteiger partial charge in [0.25, 0.3) is 11.9 Å². The third kappa shape index (κ3) is 5.59. The fourth-order valence-corrected chi connectivity index (χ4v) is 2.76. The van der Waals surface area contributed by atoms with Crippen molar-refractivity contribution < 1.29 is 27.8 Å². The van der Waals surface area contributed by atoms with E-state index in [1.807, 2.05) is 13.8 Å². The van der Waals surface area contributed by atoms with Gasteiger partial charge < -0.3 is 14.8 Å². The molecular formula is C20H19F2N5O4. The monoisotopic (exact) mass is 431 g/mol. The van der Waals surface area contributed by atoms with E-state index in [1.165, 1.54) is 28.9 Å². The maximum Gasteiger partial charge on any atom is 0.387 e. The first kappa shape index (κ1) is 21.8. The number of nitrogens with zero attached hydrogens (tertiary/aromatic N) is 4. The van der Waals surface area contributed by atoms with Crippen molar-refractivity contribution in [1.82, 2.24) is 19.7 Å². The summed E-state index contributed by atoms with van der Waals surface area (Å²) in [5, 5.41) is 6.86. The van der Waals surface area contributed by atoms with Gasteiger partial charge in [0.05, 0.1) is 5.69 Å². The first-order valence-corrected chi connectivity index (χ1v) is 9.13. The highest BCUT2D eigenvalue weighted by molar-refractivity contribution is 5.96. The third-order valence-corrected chi connectivity index (χ3v) is 3.92. The van der Waals surface area contributed by atoms with Crippen molar-refractivity contribution >= 4 is 17.7 Å². The number of carbonyl (C=O) groups is 2. The summed E-state index contributed by atoms with van der Waals surface area (Å²) in [6.45, 7) is 1.59. The molecule has 0 saturated carbocycles. The number of amides is 1. The van der Waals surface area contributed by atoms with Gasteiger partial charge in [-0.2, -0.15) is 18.6 Å². The lowest BCUT2D eigenvalue weighted by molar-refractivity contribution is -0.119. The number of rotatable bonds is 7. The summed E-state index contributed by atoms with van der Waals surface area (Å²) in [5.41, 5.74) is 1.84. The lowest BCUT2D eigenvalue weighted by Gasteiger charge is -2.11. The standard InChI is InChI=1S/C20H19F2N5O4/c1-11-8-12(2)24-20(23-11)27-16(9-13(3)26-27)25-17(28)10-30-18(29)14-6-4-5-7-15(14)31-19(21)22/h4-9,19H,10H2,1-3H3,(H,25,28). The highest BCUT2D eigenvalue weighted by Gasteiger charge is 2.19. The van der Waals surface area contributed by atoms with Crippen LogP contribution in [0.1, 0.15) is 27.4 Å². The minimum absolute atomic E-state index is 0.222. The lowest BCUT2D eigenvalue weighted by Crippen LogP contribution is -2.23. The van der Waals surface area contributed by atoms with Gasteiger partial charge in [-0.3, -0.25) is 4.79 Å². The first-order valence-electron chi connectivity index (χ1n) is 9.13. The quantitative estimate of drug-likeness (QED) is 0.573. The van der Waals surface area contributed by atoms with Crippen LogP contribution in [0.25, 0.3) is 5.95 Å². The number of anilines is 1. The largest absolute Gasteiger partial charge is 0.452 e. The number of hydrogen-bond donors (Lipinski definition) is 1. The van der Waals surface area contributed by atoms with Gasteiger partial charge in [-0.15, -0.1) is 0 Å². The van der Waals surface area contributed by atoms with Crippen LogP contribution in [0.3, 0.4) is 0 Å². The number of alkyl halides is 2. The molecule has 3 rings (SSSR count). The van der Waals surface area contributed by atoms with Crippen LogP contribution in [0.5, 0.6) is 5.75 Å². The molecule has 0 unspecified atom stereocenters. The van der Waals surface area contributed by atoms with Crippen molar-refractivity contribution in [3.8, 4) is 11.7 Å². The van der Waals surface area contributed by atoms with Crippen molar-refractivity contribution in [3.05, 3.63) is 59.0 Å². The SMILES string of the molecule is Cc1cc(C)nc(-n2nc(C)cc2NC(=O)COC(=O)c2ccccc2OC(F)F)n1. The molecule has 0 fully saturated rings. The highest BCUT2D eigenvalue weighted by Crippen LogP contribution is 2.21. The van der Waals surface area contributed by atoms with E-state index in [1.54, 1.807) is 19.1 Å². The molecule has 9 nitrogen and oxygen atoms in total. The fraction of sp³-hybridized carbons (Fsp3) is 0.250. The number of hydrogen-bond acceptors (Lipinski definition) is 7. The Labute approximate surface area is 176 Å². The predicted molar refractivity (Wildman–Crippen MR) is 105 cm³/mol.